The first-order valence-corrected chi connectivity index (χ1v) is 7.29. The Morgan fingerprint density at radius 3 is 2.73 bits per heavy atom. The molecule has 1 aliphatic rings. The van der Waals surface area contributed by atoms with Crippen LogP contribution in [0.1, 0.15) is 12.0 Å². The van der Waals surface area contributed by atoms with E-state index in [-0.39, 0.29) is 21.6 Å². The van der Waals surface area contributed by atoms with E-state index in [2.05, 4.69) is 10.5 Å². The normalized spacial score (nSPS) is 18.4. The van der Waals surface area contributed by atoms with Gasteiger partial charge in [-0.3, -0.25) is 5.43 Å². The van der Waals surface area contributed by atoms with Crippen molar-refractivity contribution in [3.05, 3.63) is 39.9 Å². The molecule has 6 nitrogen and oxygen atoms in total. The SMILES string of the molecule is NC(=S)N/N=C(\C[C@H]1OC(=O)C(Cl)=C1Cl)c1cccc(N)c1. The molecule has 0 spiro atoms. The number of nitrogen functional groups attached to an aromatic ring is 1. The summed E-state index contributed by atoms with van der Waals surface area (Å²) in [4.78, 5) is 11.4. The molecule has 0 saturated carbocycles. The van der Waals surface area contributed by atoms with Crippen LogP contribution < -0.4 is 16.9 Å². The van der Waals surface area contributed by atoms with E-state index >= 15 is 0 Å². The second-order valence-electron chi connectivity index (χ2n) is 4.42. The van der Waals surface area contributed by atoms with E-state index < -0.39 is 12.1 Å². The fraction of sp³-hybridized carbons (Fsp3) is 0.154. The number of benzene rings is 1. The molecule has 0 fully saturated rings. The lowest BCUT2D eigenvalue weighted by Gasteiger charge is -2.13. The maximum Gasteiger partial charge on any atom is 0.351 e. The number of hydrazone groups is 1. The van der Waals surface area contributed by atoms with Gasteiger partial charge in [0.1, 0.15) is 11.1 Å². The number of carbonyl (C=O) groups excluding carboxylic acids is 1. The van der Waals surface area contributed by atoms with Gasteiger partial charge in [0.15, 0.2) is 5.11 Å². The zero-order chi connectivity index (χ0) is 16.3. The molecule has 116 valence electrons. The number of halogens is 2. The van der Waals surface area contributed by atoms with E-state index in [0.29, 0.717) is 17.0 Å². The molecule has 0 aromatic heterocycles. The van der Waals surface area contributed by atoms with Crippen LogP contribution in [-0.2, 0) is 9.53 Å². The largest absolute Gasteiger partial charge is 0.452 e. The first-order valence-electron chi connectivity index (χ1n) is 6.12. The van der Waals surface area contributed by atoms with Gasteiger partial charge in [-0.15, -0.1) is 0 Å². The summed E-state index contributed by atoms with van der Waals surface area (Å²) in [5.41, 5.74) is 15.4. The molecular weight excluding hydrogens is 347 g/mol. The number of thiocarbonyl (C=S) groups is 1. The molecule has 0 amide bonds. The van der Waals surface area contributed by atoms with Crippen LogP contribution in [0.25, 0.3) is 0 Å². The number of nitrogens with two attached hydrogens (primary N) is 2. The van der Waals surface area contributed by atoms with Gasteiger partial charge in [-0.05, 0) is 29.9 Å². The van der Waals surface area contributed by atoms with Crippen LogP contribution in [0.5, 0.6) is 0 Å². The maximum atomic E-state index is 11.4. The predicted molar refractivity (Wildman–Crippen MR) is 90.5 cm³/mol. The summed E-state index contributed by atoms with van der Waals surface area (Å²) in [5, 5.41) is 4.13. The molecule has 2 rings (SSSR count). The van der Waals surface area contributed by atoms with Crippen molar-refractivity contribution < 1.29 is 9.53 Å². The van der Waals surface area contributed by atoms with Crippen molar-refractivity contribution in [1.29, 1.82) is 0 Å². The summed E-state index contributed by atoms with van der Waals surface area (Å²) in [6.45, 7) is 0. The molecule has 5 N–H and O–H groups in total. The monoisotopic (exact) mass is 358 g/mol. The third-order valence-electron chi connectivity index (χ3n) is 2.82. The van der Waals surface area contributed by atoms with Gasteiger partial charge in [-0.1, -0.05) is 35.3 Å². The summed E-state index contributed by atoms with van der Waals surface area (Å²) in [5.74, 6) is -0.661. The predicted octanol–water partition coefficient (Wildman–Crippen LogP) is 1.81. The summed E-state index contributed by atoms with van der Waals surface area (Å²) < 4.78 is 5.09. The molecule has 1 aromatic rings. The van der Waals surface area contributed by atoms with Gasteiger partial charge in [0.25, 0.3) is 0 Å². The smallest absolute Gasteiger partial charge is 0.351 e. The minimum Gasteiger partial charge on any atom is -0.452 e. The van der Waals surface area contributed by atoms with Crippen LogP contribution in [0.4, 0.5) is 5.69 Å². The number of hydrogen-bond acceptors (Lipinski definition) is 5. The number of hydrogen-bond donors (Lipinski definition) is 3. The first kappa shape index (κ1) is 16.5. The standard InChI is InChI=1S/C13H12Cl2N4O2S/c14-10-9(21-12(20)11(10)15)5-8(18-19-13(17)22)6-2-1-3-7(16)4-6/h1-4,9H,5,16H2,(H3,17,19,22)/b18-8+/t9-/m1/s1. The third-order valence-corrected chi connectivity index (χ3v) is 3.80. The maximum absolute atomic E-state index is 11.4. The minimum absolute atomic E-state index is 0.00416. The van der Waals surface area contributed by atoms with E-state index in [0.717, 1.165) is 0 Å². The lowest BCUT2D eigenvalue weighted by atomic mass is 10.0. The van der Waals surface area contributed by atoms with Crippen LogP contribution in [0.3, 0.4) is 0 Å². The Morgan fingerprint density at radius 2 is 2.18 bits per heavy atom. The van der Waals surface area contributed by atoms with E-state index in [1.165, 1.54) is 0 Å². The number of carbonyl (C=O) groups is 1. The Kier molecular flexibility index (Phi) is 5.23. The fourth-order valence-electron chi connectivity index (χ4n) is 1.85. The van der Waals surface area contributed by atoms with Crippen molar-refractivity contribution in [2.75, 3.05) is 5.73 Å². The average Bonchev–Trinajstić information content (AvgIpc) is 2.70. The Morgan fingerprint density at radius 1 is 1.45 bits per heavy atom. The van der Waals surface area contributed by atoms with Crippen LogP contribution in [0.2, 0.25) is 0 Å². The summed E-state index contributed by atoms with van der Waals surface area (Å²) in [7, 11) is 0. The number of anilines is 1. The fourth-order valence-corrected chi connectivity index (χ4v) is 2.26. The van der Waals surface area contributed by atoms with Crippen LogP contribution >= 0.6 is 35.4 Å². The molecule has 1 atom stereocenters. The van der Waals surface area contributed by atoms with Crippen molar-refractivity contribution in [3.8, 4) is 0 Å². The molecule has 9 heteroatoms. The first-order chi connectivity index (χ1) is 10.4. The molecule has 22 heavy (non-hydrogen) atoms. The van der Waals surface area contributed by atoms with E-state index in [4.69, 9.17) is 51.6 Å². The zero-order valence-electron chi connectivity index (χ0n) is 11.2. The van der Waals surface area contributed by atoms with E-state index in [1.807, 2.05) is 0 Å². The summed E-state index contributed by atoms with van der Waals surface area (Å²) >= 11 is 16.5. The highest BCUT2D eigenvalue weighted by atomic mass is 35.5. The van der Waals surface area contributed by atoms with Crippen molar-refractivity contribution in [2.24, 2.45) is 10.8 Å². The summed E-state index contributed by atoms with van der Waals surface area (Å²) in [6.07, 6.45) is -0.519. The molecule has 1 aliphatic heterocycles. The molecule has 0 radical (unpaired) electrons. The van der Waals surface area contributed by atoms with Crippen LogP contribution in [0, 0.1) is 0 Å². The molecule has 0 aliphatic carbocycles. The number of nitrogens with one attached hydrogen (secondary N) is 1. The van der Waals surface area contributed by atoms with Gasteiger partial charge in [-0.2, -0.15) is 5.10 Å². The van der Waals surface area contributed by atoms with E-state index in [9.17, 15) is 4.79 Å². The van der Waals surface area contributed by atoms with Gasteiger partial charge in [0.2, 0.25) is 0 Å². The van der Waals surface area contributed by atoms with E-state index in [1.54, 1.807) is 24.3 Å². The van der Waals surface area contributed by atoms with Crippen molar-refractivity contribution in [3.63, 3.8) is 0 Å². The summed E-state index contributed by atoms with van der Waals surface area (Å²) in [6, 6.07) is 7.02. The lowest BCUT2D eigenvalue weighted by molar-refractivity contribution is -0.138. The molecule has 1 aromatic carbocycles. The molecule has 0 bridgehead atoms. The molecule has 0 unspecified atom stereocenters. The second-order valence-corrected chi connectivity index (χ2v) is 5.64. The number of esters is 1. The van der Waals surface area contributed by atoms with Gasteiger partial charge < -0.3 is 16.2 Å². The van der Waals surface area contributed by atoms with Crippen molar-refractivity contribution in [1.82, 2.24) is 5.43 Å². The number of rotatable bonds is 4. The highest BCUT2D eigenvalue weighted by molar-refractivity contribution is 7.80. The highest BCUT2D eigenvalue weighted by Crippen LogP contribution is 2.31. The van der Waals surface area contributed by atoms with Gasteiger partial charge in [-0.25, -0.2) is 4.79 Å². The molecule has 0 saturated heterocycles. The van der Waals surface area contributed by atoms with Gasteiger partial charge in [0.05, 0.1) is 10.7 Å². The number of ether oxygens (including phenoxy) is 1. The minimum atomic E-state index is -0.713. The topological polar surface area (TPSA) is 103 Å². The Hall–Kier alpha value is -1.83. The van der Waals surface area contributed by atoms with Gasteiger partial charge in [0, 0.05) is 12.1 Å². The Bertz CT molecular complexity index is 690. The van der Waals surface area contributed by atoms with Crippen LogP contribution in [-0.4, -0.2) is 22.9 Å². The lowest BCUT2D eigenvalue weighted by Crippen LogP contribution is -2.27. The highest BCUT2D eigenvalue weighted by Gasteiger charge is 2.33. The van der Waals surface area contributed by atoms with Gasteiger partial charge >= 0.3 is 5.97 Å². The van der Waals surface area contributed by atoms with Crippen molar-refractivity contribution >= 4 is 57.9 Å². The second kappa shape index (κ2) is 6.95. The Balaban J connectivity index is 2.29. The van der Waals surface area contributed by atoms with Crippen molar-refractivity contribution in [2.45, 2.75) is 12.5 Å². The number of nitrogens with zero attached hydrogens (tertiary/aromatic N) is 1. The Labute approximate surface area is 142 Å². The quantitative estimate of drug-likeness (QED) is 0.249. The average molecular weight is 359 g/mol. The van der Waals surface area contributed by atoms with Crippen LogP contribution in [0.15, 0.2) is 39.4 Å². The third kappa shape index (κ3) is 3.88. The molecule has 1 heterocycles. The number of cyclic esters (lactones) is 1. The molecular formula is C13H12Cl2N4O2S. The zero-order valence-corrected chi connectivity index (χ0v) is 13.5.